The van der Waals surface area contributed by atoms with E-state index in [0.29, 0.717) is 24.0 Å². The predicted molar refractivity (Wildman–Crippen MR) is 94.4 cm³/mol. The van der Waals surface area contributed by atoms with Crippen LogP contribution in [0.25, 0.3) is 0 Å². The summed E-state index contributed by atoms with van der Waals surface area (Å²) < 4.78 is 5.64. The van der Waals surface area contributed by atoms with Crippen molar-refractivity contribution in [1.29, 1.82) is 0 Å². The summed E-state index contributed by atoms with van der Waals surface area (Å²) >= 11 is 0. The monoisotopic (exact) mass is 338 g/mol. The van der Waals surface area contributed by atoms with Crippen LogP contribution in [-0.4, -0.2) is 30.6 Å². The summed E-state index contributed by atoms with van der Waals surface area (Å²) in [4.78, 5) is 12.1. The van der Waals surface area contributed by atoms with Gasteiger partial charge in [0.25, 0.3) is 5.91 Å². The fraction of sp³-hybridized carbons (Fsp3) is 0.611. The Kier molecular flexibility index (Phi) is 6.31. The number of hydrogen-bond donors (Lipinski definition) is 2. The third kappa shape index (κ3) is 4.85. The van der Waals surface area contributed by atoms with Gasteiger partial charge in [-0.3, -0.25) is 4.79 Å². The molecule has 23 heavy (non-hydrogen) atoms. The predicted octanol–water partition coefficient (Wildman–Crippen LogP) is 3.01. The summed E-state index contributed by atoms with van der Waals surface area (Å²) in [6.07, 6.45) is 4.58. The van der Waals surface area contributed by atoms with Gasteiger partial charge in [-0.15, -0.1) is 12.4 Å². The lowest BCUT2D eigenvalue weighted by Crippen LogP contribution is -2.48. The zero-order valence-corrected chi connectivity index (χ0v) is 14.7. The highest BCUT2D eigenvalue weighted by atomic mass is 35.5. The summed E-state index contributed by atoms with van der Waals surface area (Å²) in [5, 5.41) is 6.71. The van der Waals surface area contributed by atoms with Gasteiger partial charge >= 0.3 is 0 Å². The largest absolute Gasteiger partial charge is 0.484 e. The number of halogens is 1. The second kappa shape index (κ2) is 8.02. The number of benzene rings is 1. The molecule has 2 saturated heterocycles. The third-order valence-corrected chi connectivity index (χ3v) is 4.73. The van der Waals surface area contributed by atoms with Gasteiger partial charge < -0.3 is 15.4 Å². The van der Waals surface area contributed by atoms with Crippen LogP contribution in [0.4, 0.5) is 0 Å². The maximum absolute atomic E-state index is 12.1. The van der Waals surface area contributed by atoms with Crippen LogP contribution in [0.3, 0.4) is 0 Å². The van der Waals surface area contributed by atoms with Crippen LogP contribution in [-0.2, 0) is 4.79 Å². The lowest BCUT2D eigenvalue weighted by molar-refractivity contribution is -0.124. The number of hydrogen-bond acceptors (Lipinski definition) is 3. The Labute approximate surface area is 144 Å². The first-order valence-electron chi connectivity index (χ1n) is 8.38. The fourth-order valence-electron chi connectivity index (χ4n) is 3.56. The van der Waals surface area contributed by atoms with Crippen LogP contribution >= 0.6 is 12.4 Å². The molecule has 2 fully saturated rings. The van der Waals surface area contributed by atoms with Gasteiger partial charge in [-0.05, 0) is 49.3 Å². The Morgan fingerprint density at radius 2 is 2.00 bits per heavy atom. The van der Waals surface area contributed by atoms with Crippen molar-refractivity contribution in [1.82, 2.24) is 10.6 Å². The van der Waals surface area contributed by atoms with Crippen molar-refractivity contribution >= 4 is 18.3 Å². The summed E-state index contributed by atoms with van der Waals surface area (Å²) in [5.41, 5.74) is 1.23. The molecule has 0 aliphatic carbocycles. The number of fused-ring (bicyclic) bond motifs is 2. The topological polar surface area (TPSA) is 50.4 Å². The molecule has 2 N–H and O–H groups in total. The number of carbonyl (C=O) groups excluding carboxylic acids is 1. The summed E-state index contributed by atoms with van der Waals surface area (Å²) in [6.45, 7) is 4.40. The summed E-state index contributed by atoms with van der Waals surface area (Å²) in [6, 6.07) is 9.47. The molecule has 2 heterocycles. The summed E-state index contributed by atoms with van der Waals surface area (Å²) in [7, 11) is 0. The molecule has 2 unspecified atom stereocenters. The average Bonchev–Trinajstić information content (AvgIpc) is 2.84. The SMILES string of the molecule is CC(C)c1cccc(OCC(=O)NC2CC3CCC(C2)N3)c1.Cl. The Balaban J connectivity index is 0.00000192. The summed E-state index contributed by atoms with van der Waals surface area (Å²) in [5.74, 6) is 1.22. The van der Waals surface area contributed by atoms with Crippen molar-refractivity contribution < 1.29 is 9.53 Å². The highest BCUT2D eigenvalue weighted by Crippen LogP contribution is 2.26. The number of ether oxygens (including phenoxy) is 1. The number of rotatable bonds is 5. The minimum Gasteiger partial charge on any atom is -0.484 e. The lowest BCUT2D eigenvalue weighted by atomic mass is 10.00. The van der Waals surface area contributed by atoms with Crippen LogP contribution in [0.1, 0.15) is 51.0 Å². The van der Waals surface area contributed by atoms with Crippen LogP contribution in [0.2, 0.25) is 0 Å². The molecule has 2 atom stereocenters. The van der Waals surface area contributed by atoms with Gasteiger partial charge in [0.1, 0.15) is 5.75 Å². The maximum Gasteiger partial charge on any atom is 0.258 e. The molecule has 4 nitrogen and oxygen atoms in total. The van der Waals surface area contributed by atoms with Crippen molar-refractivity contribution in [2.45, 2.75) is 63.6 Å². The zero-order chi connectivity index (χ0) is 15.5. The smallest absolute Gasteiger partial charge is 0.258 e. The van der Waals surface area contributed by atoms with E-state index in [1.807, 2.05) is 18.2 Å². The molecule has 3 rings (SSSR count). The van der Waals surface area contributed by atoms with Gasteiger partial charge in [0.05, 0.1) is 0 Å². The number of nitrogens with one attached hydrogen (secondary N) is 2. The van der Waals surface area contributed by atoms with Crippen molar-refractivity contribution in [3.63, 3.8) is 0 Å². The molecular formula is C18H27ClN2O2. The van der Waals surface area contributed by atoms with E-state index in [1.165, 1.54) is 18.4 Å². The van der Waals surface area contributed by atoms with E-state index in [-0.39, 0.29) is 24.9 Å². The van der Waals surface area contributed by atoms with Crippen molar-refractivity contribution in [2.24, 2.45) is 0 Å². The highest BCUT2D eigenvalue weighted by molar-refractivity contribution is 5.85. The Morgan fingerprint density at radius 1 is 1.30 bits per heavy atom. The van der Waals surface area contributed by atoms with E-state index in [0.717, 1.165) is 18.6 Å². The Morgan fingerprint density at radius 3 is 2.65 bits per heavy atom. The first-order valence-corrected chi connectivity index (χ1v) is 8.38. The van der Waals surface area contributed by atoms with E-state index in [4.69, 9.17) is 4.74 Å². The minimum atomic E-state index is -0.0127. The minimum absolute atomic E-state index is 0. The normalized spacial score (nSPS) is 25.8. The van der Waals surface area contributed by atoms with Crippen LogP contribution in [0.5, 0.6) is 5.75 Å². The van der Waals surface area contributed by atoms with Gasteiger partial charge in [-0.25, -0.2) is 0 Å². The first kappa shape index (κ1) is 18.1. The standard InChI is InChI=1S/C18H26N2O2.ClH/c1-12(2)13-4-3-5-17(8-13)22-11-18(21)20-16-9-14-6-7-15(10-16)19-14;/h3-5,8,12,14-16,19H,6-7,9-11H2,1-2H3,(H,20,21);1H. The first-order chi connectivity index (χ1) is 10.6. The zero-order valence-electron chi connectivity index (χ0n) is 13.9. The number of carbonyl (C=O) groups is 1. The molecule has 2 aliphatic rings. The molecule has 5 heteroatoms. The molecule has 2 aliphatic heterocycles. The molecular weight excluding hydrogens is 312 g/mol. The van der Waals surface area contributed by atoms with Gasteiger partial charge in [0.2, 0.25) is 0 Å². The van der Waals surface area contributed by atoms with Crippen molar-refractivity contribution in [3.8, 4) is 5.75 Å². The second-order valence-corrected chi connectivity index (χ2v) is 6.89. The second-order valence-electron chi connectivity index (χ2n) is 6.89. The molecule has 0 radical (unpaired) electrons. The van der Waals surface area contributed by atoms with Gasteiger partial charge in [0.15, 0.2) is 6.61 Å². The average molecular weight is 339 g/mol. The van der Waals surface area contributed by atoms with Crippen molar-refractivity contribution in [3.05, 3.63) is 29.8 Å². The maximum atomic E-state index is 12.1. The molecule has 0 aromatic heterocycles. The lowest BCUT2D eigenvalue weighted by Gasteiger charge is -2.29. The quantitative estimate of drug-likeness (QED) is 0.867. The molecule has 0 spiro atoms. The van der Waals surface area contributed by atoms with E-state index in [2.05, 4.69) is 30.5 Å². The Hall–Kier alpha value is -1.26. The van der Waals surface area contributed by atoms with Gasteiger partial charge in [-0.2, -0.15) is 0 Å². The van der Waals surface area contributed by atoms with E-state index < -0.39 is 0 Å². The third-order valence-electron chi connectivity index (χ3n) is 4.73. The Bertz CT molecular complexity index is 524. The highest BCUT2D eigenvalue weighted by Gasteiger charge is 2.33. The van der Waals surface area contributed by atoms with E-state index in [1.54, 1.807) is 0 Å². The van der Waals surface area contributed by atoms with Gasteiger partial charge in [-0.1, -0.05) is 26.0 Å². The molecule has 1 amide bonds. The molecule has 128 valence electrons. The van der Waals surface area contributed by atoms with Crippen LogP contribution in [0.15, 0.2) is 24.3 Å². The van der Waals surface area contributed by atoms with Gasteiger partial charge in [0, 0.05) is 18.1 Å². The van der Waals surface area contributed by atoms with E-state index in [9.17, 15) is 4.79 Å². The fourth-order valence-corrected chi connectivity index (χ4v) is 3.56. The molecule has 1 aromatic rings. The number of amides is 1. The number of piperidine rings is 1. The molecule has 0 saturated carbocycles. The van der Waals surface area contributed by atoms with Crippen molar-refractivity contribution in [2.75, 3.05) is 6.61 Å². The molecule has 2 bridgehead atoms. The van der Waals surface area contributed by atoms with E-state index >= 15 is 0 Å². The molecule has 1 aromatic carbocycles. The van der Waals surface area contributed by atoms with Crippen LogP contribution < -0.4 is 15.4 Å². The van der Waals surface area contributed by atoms with Crippen LogP contribution in [0, 0.1) is 0 Å².